The summed E-state index contributed by atoms with van der Waals surface area (Å²) in [4.78, 5) is 15.4. The first-order chi connectivity index (χ1) is 10.4. The number of rotatable bonds is 3. The highest BCUT2D eigenvalue weighted by Gasteiger charge is 2.33. The minimum Gasteiger partial charge on any atom is -0.478 e. The predicted octanol–water partition coefficient (Wildman–Crippen LogP) is 1.61. The molecule has 0 saturated carbocycles. The van der Waals surface area contributed by atoms with E-state index >= 15 is 0 Å². The number of nitrogens with zero attached hydrogens (tertiary/aromatic N) is 1. The van der Waals surface area contributed by atoms with Crippen LogP contribution in [-0.2, 0) is 30.6 Å². The maximum Gasteiger partial charge on any atom is 0.344 e. The molecule has 118 valence electrons. The number of benzene rings is 1. The molecular weight excluding hydrogens is 306 g/mol. The van der Waals surface area contributed by atoms with Crippen molar-refractivity contribution in [3.63, 3.8) is 0 Å². The summed E-state index contributed by atoms with van der Waals surface area (Å²) >= 11 is 0. The first-order valence-electron chi connectivity index (χ1n) is 7.09. The highest BCUT2D eigenvalue weighted by atomic mass is 32.2. The van der Waals surface area contributed by atoms with Gasteiger partial charge in [-0.3, -0.25) is 0 Å². The van der Waals surface area contributed by atoms with Crippen molar-refractivity contribution in [1.29, 1.82) is 0 Å². The van der Waals surface area contributed by atoms with Gasteiger partial charge in [-0.1, -0.05) is 24.3 Å². The lowest BCUT2D eigenvalue weighted by atomic mass is 9.84. The molecule has 7 heteroatoms. The van der Waals surface area contributed by atoms with Crippen LogP contribution in [0.2, 0.25) is 0 Å². The van der Waals surface area contributed by atoms with Crippen LogP contribution in [0.1, 0.15) is 29.2 Å². The molecule has 0 saturated heterocycles. The predicted molar refractivity (Wildman–Crippen MR) is 79.9 cm³/mol. The molecule has 0 amide bonds. The van der Waals surface area contributed by atoms with Gasteiger partial charge in [0.05, 0.1) is 11.9 Å². The molecule has 0 spiro atoms. The Labute approximate surface area is 129 Å². The summed E-state index contributed by atoms with van der Waals surface area (Å²) in [5.41, 5.74) is 1.93. The molecule has 0 aromatic heterocycles. The third-order valence-corrected chi connectivity index (χ3v) is 5.49. The lowest BCUT2D eigenvalue weighted by molar-refractivity contribution is -0.140. The third-order valence-electron chi connectivity index (χ3n) is 4.01. The van der Waals surface area contributed by atoms with Gasteiger partial charge in [0.1, 0.15) is 6.42 Å². The number of hydrogen-bond donors (Lipinski definition) is 0. The summed E-state index contributed by atoms with van der Waals surface area (Å²) in [7, 11) is -3.18. The number of oxime groups is 1. The van der Waals surface area contributed by atoms with Crippen LogP contribution in [0.25, 0.3) is 0 Å². The molecule has 0 radical (unpaired) electrons. The molecular formula is C15H17NO5S. The second-order valence-electron chi connectivity index (χ2n) is 5.76. The Kier molecular flexibility index (Phi) is 3.90. The molecule has 6 nitrogen and oxygen atoms in total. The van der Waals surface area contributed by atoms with Gasteiger partial charge >= 0.3 is 5.97 Å². The zero-order valence-corrected chi connectivity index (χ0v) is 13.0. The summed E-state index contributed by atoms with van der Waals surface area (Å²) in [5.74, 6) is -0.106. The number of sulfone groups is 1. The van der Waals surface area contributed by atoms with Gasteiger partial charge in [-0.25, -0.2) is 13.2 Å². The van der Waals surface area contributed by atoms with Crippen LogP contribution < -0.4 is 0 Å². The van der Waals surface area contributed by atoms with Crippen LogP contribution in [0.3, 0.4) is 0 Å². The van der Waals surface area contributed by atoms with Gasteiger partial charge in [-0.15, -0.1) is 0 Å². The smallest absolute Gasteiger partial charge is 0.344 e. The van der Waals surface area contributed by atoms with Crippen LogP contribution in [-0.4, -0.2) is 33.1 Å². The van der Waals surface area contributed by atoms with Crippen molar-refractivity contribution < 1.29 is 22.8 Å². The third kappa shape index (κ3) is 3.14. The Morgan fingerprint density at radius 3 is 2.82 bits per heavy atom. The largest absolute Gasteiger partial charge is 0.478 e. The molecule has 0 N–H and O–H groups in total. The first kappa shape index (κ1) is 15.0. The lowest BCUT2D eigenvalue weighted by Crippen LogP contribution is -2.27. The highest BCUT2D eigenvalue weighted by molar-refractivity contribution is 7.90. The number of ether oxygens (including phenoxy) is 1. The quantitative estimate of drug-likeness (QED) is 0.789. The Balaban J connectivity index is 1.74. The summed E-state index contributed by atoms with van der Waals surface area (Å²) in [6.07, 6.45) is 2.58. The van der Waals surface area contributed by atoms with Gasteiger partial charge in [0, 0.05) is 6.26 Å². The molecule has 1 aromatic carbocycles. The van der Waals surface area contributed by atoms with Crippen molar-refractivity contribution in [2.45, 2.75) is 24.5 Å². The van der Waals surface area contributed by atoms with Gasteiger partial charge in [0.2, 0.25) is 5.90 Å². The number of fused-ring (bicyclic) bond motifs is 1. The van der Waals surface area contributed by atoms with Gasteiger partial charge in [0.25, 0.3) is 0 Å². The second-order valence-corrected chi connectivity index (χ2v) is 7.99. The van der Waals surface area contributed by atoms with E-state index in [1.807, 2.05) is 24.3 Å². The van der Waals surface area contributed by atoms with E-state index in [0.29, 0.717) is 13.0 Å². The number of hydrogen-bond acceptors (Lipinski definition) is 6. The van der Waals surface area contributed by atoms with E-state index in [0.717, 1.165) is 17.5 Å². The molecule has 2 aliphatic rings. The number of carbonyl (C=O) groups is 1. The Morgan fingerprint density at radius 2 is 2.14 bits per heavy atom. The van der Waals surface area contributed by atoms with E-state index < -0.39 is 21.1 Å². The SMILES string of the molecule is CS(=O)(=O)C1C[C@H](COC2=NOC(=O)C2)Cc2ccccc21. The zero-order valence-electron chi connectivity index (χ0n) is 12.2. The fourth-order valence-electron chi connectivity index (χ4n) is 2.97. The molecule has 1 aliphatic heterocycles. The van der Waals surface area contributed by atoms with Crippen molar-refractivity contribution in [2.24, 2.45) is 11.1 Å². The minimum absolute atomic E-state index is 0.0405. The maximum atomic E-state index is 12.1. The summed E-state index contributed by atoms with van der Waals surface area (Å²) < 4.78 is 29.6. The highest BCUT2D eigenvalue weighted by Crippen LogP contribution is 2.38. The lowest BCUT2D eigenvalue weighted by Gasteiger charge is -2.30. The van der Waals surface area contributed by atoms with Crippen LogP contribution in [0, 0.1) is 5.92 Å². The monoisotopic (exact) mass is 323 g/mol. The average Bonchev–Trinajstić information content (AvgIpc) is 2.89. The average molecular weight is 323 g/mol. The molecule has 0 bridgehead atoms. The molecule has 1 aliphatic carbocycles. The fourth-order valence-corrected chi connectivity index (χ4v) is 4.28. The summed E-state index contributed by atoms with van der Waals surface area (Å²) in [6, 6.07) is 7.62. The van der Waals surface area contributed by atoms with Crippen molar-refractivity contribution >= 4 is 21.7 Å². The van der Waals surface area contributed by atoms with E-state index in [2.05, 4.69) is 9.99 Å². The van der Waals surface area contributed by atoms with Gasteiger partial charge in [-0.05, 0) is 35.0 Å². The zero-order chi connectivity index (χ0) is 15.7. The minimum atomic E-state index is -3.18. The van der Waals surface area contributed by atoms with Crippen LogP contribution >= 0.6 is 0 Å². The second kappa shape index (κ2) is 5.72. The van der Waals surface area contributed by atoms with Crippen molar-refractivity contribution in [3.8, 4) is 0 Å². The topological polar surface area (TPSA) is 82.0 Å². The Morgan fingerprint density at radius 1 is 1.36 bits per heavy atom. The van der Waals surface area contributed by atoms with E-state index in [9.17, 15) is 13.2 Å². The van der Waals surface area contributed by atoms with Crippen LogP contribution in [0.15, 0.2) is 29.4 Å². The molecule has 1 aromatic rings. The Bertz CT molecular complexity index is 725. The molecule has 1 unspecified atom stereocenters. The van der Waals surface area contributed by atoms with E-state index in [4.69, 9.17) is 4.74 Å². The van der Waals surface area contributed by atoms with Crippen LogP contribution in [0.4, 0.5) is 0 Å². The molecule has 1 heterocycles. The van der Waals surface area contributed by atoms with Gasteiger partial charge < -0.3 is 9.57 Å². The van der Waals surface area contributed by atoms with Crippen molar-refractivity contribution in [1.82, 2.24) is 0 Å². The molecule has 2 atom stereocenters. The van der Waals surface area contributed by atoms with E-state index in [1.54, 1.807) is 0 Å². The first-order valence-corrected chi connectivity index (χ1v) is 9.05. The molecule has 0 fully saturated rings. The van der Waals surface area contributed by atoms with Gasteiger partial charge in [0.15, 0.2) is 9.84 Å². The summed E-state index contributed by atoms with van der Waals surface area (Å²) in [5, 5.41) is 3.03. The van der Waals surface area contributed by atoms with Crippen molar-refractivity contribution in [3.05, 3.63) is 35.4 Å². The standard InChI is InChI=1S/C15H17NO5S/c1-22(18,19)13-7-10(6-11-4-2-3-5-12(11)13)9-20-14-8-15(17)21-16-14/h2-5,10,13H,6-9H2,1H3/t10-,13?/m1/s1. The van der Waals surface area contributed by atoms with Crippen LogP contribution in [0.5, 0.6) is 0 Å². The van der Waals surface area contributed by atoms with E-state index in [1.165, 1.54) is 6.26 Å². The molecule has 3 rings (SSSR count). The Hall–Kier alpha value is -1.89. The molecule has 22 heavy (non-hydrogen) atoms. The normalized spacial score (nSPS) is 24.4. The fraction of sp³-hybridized carbons (Fsp3) is 0.467. The number of carbonyl (C=O) groups excluding carboxylic acids is 1. The van der Waals surface area contributed by atoms with E-state index in [-0.39, 0.29) is 18.2 Å². The summed E-state index contributed by atoms with van der Waals surface area (Å²) in [6.45, 7) is 0.329. The van der Waals surface area contributed by atoms with Crippen molar-refractivity contribution in [2.75, 3.05) is 12.9 Å². The maximum absolute atomic E-state index is 12.1. The van der Waals surface area contributed by atoms with Gasteiger partial charge in [-0.2, -0.15) is 0 Å².